The quantitative estimate of drug-likeness (QED) is 0.814. The first-order valence-electron chi connectivity index (χ1n) is 10.1. The second-order valence-corrected chi connectivity index (χ2v) is 10.3. The second-order valence-electron chi connectivity index (χ2n) is 8.11. The molecule has 1 N–H and O–H groups in total. The summed E-state index contributed by atoms with van der Waals surface area (Å²) in [6.07, 6.45) is 5.04. The van der Waals surface area contributed by atoms with Crippen LogP contribution in [0.15, 0.2) is 53.4 Å². The van der Waals surface area contributed by atoms with Crippen LogP contribution in [0.1, 0.15) is 36.0 Å². The Labute approximate surface area is 172 Å². The van der Waals surface area contributed by atoms with Crippen molar-refractivity contribution >= 4 is 27.3 Å². The molecule has 154 valence electrons. The van der Waals surface area contributed by atoms with E-state index in [2.05, 4.69) is 16.3 Å². The smallest absolute Gasteiger partial charge is 0.255 e. The lowest BCUT2D eigenvalue weighted by Crippen LogP contribution is -2.48. The Kier molecular flexibility index (Phi) is 5.36. The zero-order valence-corrected chi connectivity index (χ0v) is 17.7. The van der Waals surface area contributed by atoms with Gasteiger partial charge in [0.05, 0.1) is 16.3 Å². The van der Waals surface area contributed by atoms with Crippen LogP contribution in [0.25, 0.3) is 0 Å². The number of amides is 1. The SMILES string of the molecule is CN(C)S(=O)(=O)c1ccc(C(=O)Nc2ccccc2N2CC3CCC2CC3)cc1. The minimum atomic E-state index is -3.51. The molecule has 7 heteroatoms. The number of para-hydroxylation sites is 2. The number of rotatable bonds is 5. The van der Waals surface area contributed by atoms with E-state index < -0.39 is 10.0 Å². The van der Waals surface area contributed by atoms with Crippen LogP contribution < -0.4 is 10.2 Å². The van der Waals surface area contributed by atoms with Gasteiger partial charge in [0.25, 0.3) is 5.91 Å². The fraction of sp³-hybridized carbons (Fsp3) is 0.409. The number of fused-ring (bicyclic) bond motifs is 3. The normalized spacial score (nSPS) is 21.4. The molecule has 0 atom stereocenters. The molecular weight excluding hydrogens is 386 g/mol. The van der Waals surface area contributed by atoms with E-state index in [1.165, 1.54) is 51.9 Å². The average Bonchev–Trinajstić information content (AvgIpc) is 2.75. The van der Waals surface area contributed by atoms with Crippen LogP contribution in [0.4, 0.5) is 11.4 Å². The lowest BCUT2D eigenvalue weighted by Gasteiger charge is -2.47. The fourth-order valence-corrected chi connectivity index (χ4v) is 5.28. The molecule has 6 nitrogen and oxygen atoms in total. The summed E-state index contributed by atoms with van der Waals surface area (Å²) in [6, 6.07) is 14.5. The van der Waals surface area contributed by atoms with Crippen molar-refractivity contribution in [2.45, 2.75) is 36.6 Å². The van der Waals surface area contributed by atoms with E-state index in [1.54, 1.807) is 12.1 Å². The highest BCUT2D eigenvalue weighted by Gasteiger charge is 2.34. The molecule has 0 unspecified atom stereocenters. The molecule has 2 saturated heterocycles. The highest BCUT2D eigenvalue weighted by Crippen LogP contribution is 2.40. The van der Waals surface area contributed by atoms with Gasteiger partial charge in [0.15, 0.2) is 0 Å². The van der Waals surface area contributed by atoms with E-state index >= 15 is 0 Å². The number of benzene rings is 2. The van der Waals surface area contributed by atoms with E-state index in [1.807, 2.05) is 18.2 Å². The summed E-state index contributed by atoms with van der Waals surface area (Å²) in [4.78, 5) is 15.4. The van der Waals surface area contributed by atoms with E-state index in [-0.39, 0.29) is 10.8 Å². The Morgan fingerprint density at radius 3 is 2.24 bits per heavy atom. The minimum Gasteiger partial charge on any atom is -0.367 e. The van der Waals surface area contributed by atoms with Gasteiger partial charge in [-0.05, 0) is 68.0 Å². The Morgan fingerprint density at radius 2 is 1.66 bits per heavy atom. The topological polar surface area (TPSA) is 69.7 Å². The monoisotopic (exact) mass is 413 g/mol. The zero-order valence-electron chi connectivity index (χ0n) is 16.8. The molecule has 1 saturated carbocycles. The summed E-state index contributed by atoms with van der Waals surface area (Å²) in [5.41, 5.74) is 2.30. The van der Waals surface area contributed by atoms with Gasteiger partial charge in [0.1, 0.15) is 0 Å². The van der Waals surface area contributed by atoms with Crippen molar-refractivity contribution in [2.24, 2.45) is 5.92 Å². The van der Waals surface area contributed by atoms with Gasteiger partial charge in [-0.25, -0.2) is 12.7 Å². The number of nitrogens with zero attached hydrogens (tertiary/aromatic N) is 2. The van der Waals surface area contributed by atoms with E-state index in [0.717, 1.165) is 28.1 Å². The largest absolute Gasteiger partial charge is 0.367 e. The molecule has 5 rings (SSSR count). The average molecular weight is 414 g/mol. The Morgan fingerprint density at radius 1 is 1.00 bits per heavy atom. The predicted octanol–water partition coefficient (Wildman–Crippen LogP) is 3.57. The van der Waals surface area contributed by atoms with Crippen molar-refractivity contribution in [1.29, 1.82) is 0 Å². The van der Waals surface area contributed by atoms with Gasteiger partial charge < -0.3 is 10.2 Å². The number of anilines is 2. The van der Waals surface area contributed by atoms with Gasteiger partial charge in [-0.2, -0.15) is 0 Å². The first-order chi connectivity index (χ1) is 13.9. The predicted molar refractivity (Wildman–Crippen MR) is 115 cm³/mol. The lowest BCUT2D eigenvalue weighted by molar-refractivity contribution is 0.102. The summed E-state index contributed by atoms with van der Waals surface area (Å²) in [5.74, 6) is 0.503. The first-order valence-corrected chi connectivity index (χ1v) is 11.5. The number of carbonyl (C=O) groups is 1. The summed E-state index contributed by atoms with van der Waals surface area (Å²) >= 11 is 0. The molecule has 2 aromatic carbocycles. The highest BCUT2D eigenvalue weighted by atomic mass is 32.2. The summed E-state index contributed by atoms with van der Waals surface area (Å²) in [6.45, 7) is 1.05. The molecule has 0 radical (unpaired) electrons. The number of carbonyl (C=O) groups excluding carboxylic acids is 1. The molecule has 2 bridgehead atoms. The third-order valence-corrected chi connectivity index (χ3v) is 7.90. The maximum atomic E-state index is 12.8. The lowest BCUT2D eigenvalue weighted by atomic mass is 9.79. The molecule has 2 aliphatic heterocycles. The number of piperidine rings is 2. The number of hydrogen-bond acceptors (Lipinski definition) is 4. The number of sulfonamides is 1. The minimum absolute atomic E-state index is 0.170. The fourth-order valence-electron chi connectivity index (χ4n) is 4.37. The molecule has 3 fully saturated rings. The maximum absolute atomic E-state index is 12.8. The Balaban J connectivity index is 1.54. The maximum Gasteiger partial charge on any atom is 0.255 e. The number of nitrogens with one attached hydrogen (secondary N) is 1. The molecule has 29 heavy (non-hydrogen) atoms. The van der Waals surface area contributed by atoms with Crippen LogP contribution in [0.5, 0.6) is 0 Å². The summed E-state index contributed by atoms with van der Waals surface area (Å²) in [7, 11) is -0.537. The van der Waals surface area contributed by atoms with Gasteiger partial charge in [-0.1, -0.05) is 12.1 Å². The second kappa shape index (κ2) is 7.80. The zero-order chi connectivity index (χ0) is 20.6. The van der Waals surface area contributed by atoms with Crippen LogP contribution in [-0.2, 0) is 10.0 Å². The highest BCUT2D eigenvalue weighted by molar-refractivity contribution is 7.89. The van der Waals surface area contributed by atoms with Crippen LogP contribution in [0.3, 0.4) is 0 Å². The molecule has 1 aliphatic carbocycles. The summed E-state index contributed by atoms with van der Waals surface area (Å²) < 4.78 is 25.6. The Bertz CT molecular complexity index is 994. The van der Waals surface area contributed by atoms with Crippen molar-refractivity contribution in [3.8, 4) is 0 Å². The standard InChI is InChI=1S/C22H27N3O3S/c1-24(2)29(27,28)19-13-9-17(10-14-19)22(26)23-20-5-3-4-6-21(20)25-15-16-7-11-18(25)12-8-16/h3-6,9-10,13-14,16,18H,7-8,11-12,15H2,1-2H3,(H,23,26). The summed E-state index contributed by atoms with van der Waals surface area (Å²) in [5, 5.41) is 3.02. The van der Waals surface area contributed by atoms with Gasteiger partial charge in [-0.15, -0.1) is 0 Å². The van der Waals surface area contributed by atoms with Gasteiger partial charge in [-0.3, -0.25) is 4.79 Å². The van der Waals surface area contributed by atoms with E-state index in [4.69, 9.17) is 0 Å². The first kappa shape index (κ1) is 19.9. The van der Waals surface area contributed by atoms with E-state index in [9.17, 15) is 13.2 Å². The van der Waals surface area contributed by atoms with Crippen molar-refractivity contribution < 1.29 is 13.2 Å². The van der Waals surface area contributed by atoms with Crippen LogP contribution in [0.2, 0.25) is 0 Å². The van der Waals surface area contributed by atoms with Gasteiger partial charge in [0.2, 0.25) is 10.0 Å². The van der Waals surface area contributed by atoms with Crippen LogP contribution in [0, 0.1) is 5.92 Å². The third kappa shape index (κ3) is 3.89. The van der Waals surface area contributed by atoms with Crippen molar-refractivity contribution in [1.82, 2.24) is 4.31 Å². The van der Waals surface area contributed by atoms with Gasteiger partial charge >= 0.3 is 0 Å². The Hall–Kier alpha value is -2.38. The molecule has 3 aliphatic rings. The third-order valence-electron chi connectivity index (χ3n) is 6.07. The van der Waals surface area contributed by atoms with Crippen LogP contribution >= 0.6 is 0 Å². The number of hydrogen-bond donors (Lipinski definition) is 1. The van der Waals surface area contributed by atoms with Crippen molar-refractivity contribution in [3.63, 3.8) is 0 Å². The van der Waals surface area contributed by atoms with Crippen LogP contribution in [-0.4, -0.2) is 45.3 Å². The molecule has 2 heterocycles. The molecular formula is C22H27N3O3S. The van der Waals surface area contributed by atoms with Crippen molar-refractivity contribution in [2.75, 3.05) is 30.9 Å². The molecule has 2 aromatic rings. The van der Waals surface area contributed by atoms with Crippen molar-refractivity contribution in [3.05, 3.63) is 54.1 Å². The van der Waals surface area contributed by atoms with Gasteiger partial charge in [0, 0.05) is 32.2 Å². The molecule has 0 spiro atoms. The molecule has 1 amide bonds. The van der Waals surface area contributed by atoms with E-state index in [0.29, 0.717) is 11.6 Å². The molecule has 0 aromatic heterocycles.